The lowest BCUT2D eigenvalue weighted by Crippen LogP contribution is -2.29. The van der Waals surface area contributed by atoms with Crippen LogP contribution in [0, 0.1) is 0 Å². The Morgan fingerprint density at radius 2 is 1.92 bits per heavy atom. The molecule has 26 heavy (non-hydrogen) atoms. The van der Waals surface area contributed by atoms with Gasteiger partial charge in [0.2, 0.25) is 0 Å². The van der Waals surface area contributed by atoms with Gasteiger partial charge in [0.1, 0.15) is 0 Å². The van der Waals surface area contributed by atoms with E-state index in [1.54, 1.807) is 0 Å². The van der Waals surface area contributed by atoms with Crippen LogP contribution in [0.5, 0.6) is 0 Å². The van der Waals surface area contributed by atoms with Crippen molar-refractivity contribution < 1.29 is 0 Å². The van der Waals surface area contributed by atoms with Crippen LogP contribution in [0.15, 0.2) is 60.8 Å². The van der Waals surface area contributed by atoms with Crippen molar-refractivity contribution in [2.24, 2.45) is 0 Å². The van der Waals surface area contributed by atoms with E-state index in [9.17, 15) is 0 Å². The lowest BCUT2D eigenvalue weighted by molar-refractivity contribution is 0.295. The van der Waals surface area contributed by atoms with Gasteiger partial charge in [-0.2, -0.15) is 0 Å². The molecule has 4 rings (SSSR count). The molecule has 3 heteroatoms. The Morgan fingerprint density at radius 1 is 1.00 bits per heavy atom. The van der Waals surface area contributed by atoms with Crippen molar-refractivity contribution in [1.29, 1.82) is 0 Å². The van der Waals surface area contributed by atoms with Crippen LogP contribution in [0.2, 0.25) is 5.02 Å². The fourth-order valence-electron chi connectivity index (χ4n) is 3.90. The summed E-state index contributed by atoms with van der Waals surface area (Å²) in [6, 6.07) is 16.9. The molecule has 0 amide bonds. The summed E-state index contributed by atoms with van der Waals surface area (Å²) in [6.45, 7) is 3.34. The first-order valence-corrected chi connectivity index (χ1v) is 9.90. The van der Waals surface area contributed by atoms with Crippen LogP contribution in [0.1, 0.15) is 30.4 Å². The van der Waals surface area contributed by atoms with Crippen molar-refractivity contribution in [2.75, 3.05) is 19.6 Å². The molecule has 0 saturated carbocycles. The molecule has 134 valence electrons. The zero-order chi connectivity index (χ0) is 17.8. The van der Waals surface area contributed by atoms with Crippen molar-refractivity contribution in [3.63, 3.8) is 0 Å². The molecule has 0 aliphatic carbocycles. The van der Waals surface area contributed by atoms with Crippen LogP contribution in [0.4, 0.5) is 0 Å². The zero-order valence-corrected chi connectivity index (χ0v) is 15.8. The molecule has 0 fully saturated rings. The Labute approximate surface area is 160 Å². The molecule has 1 aliphatic heterocycles. The minimum Gasteiger partial charge on any atom is -0.361 e. The number of aromatic nitrogens is 1. The Hall–Kier alpha value is -2.03. The molecule has 3 aromatic rings. The van der Waals surface area contributed by atoms with E-state index in [1.807, 2.05) is 18.3 Å². The molecule has 2 aromatic carbocycles. The number of aromatic amines is 1. The van der Waals surface area contributed by atoms with Gasteiger partial charge in [0.25, 0.3) is 0 Å². The SMILES string of the molecule is Clc1ccccc1C1=CCN(CCCCc2cccc3[nH]ccc23)CC1. The summed E-state index contributed by atoms with van der Waals surface area (Å²) >= 11 is 6.33. The summed E-state index contributed by atoms with van der Waals surface area (Å²) in [7, 11) is 0. The van der Waals surface area contributed by atoms with Crippen LogP contribution in [0.25, 0.3) is 16.5 Å². The second kappa shape index (κ2) is 8.11. The maximum absolute atomic E-state index is 6.33. The van der Waals surface area contributed by atoms with Crippen LogP contribution >= 0.6 is 11.6 Å². The highest BCUT2D eigenvalue weighted by molar-refractivity contribution is 6.32. The number of H-pyrrole nitrogens is 1. The van der Waals surface area contributed by atoms with Gasteiger partial charge in [-0.05, 0) is 67.1 Å². The normalized spacial score (nSPS) is 15.3. The van der Waals surface area contributed by atoms with Gasteiger partial charge in [-0.15, -0.1) is 0 Å². The third-order valence-electron chi connectivity index (χ3n) is 5.37. The predicted molar refractivity (Wildman–Crippen MR) is 112 cm³/mol. The van der Waals surface area contributed by atoms with Gasteiger partial charge in [-0.1, -0.05) is 48.0 Å². The first kappa shape index (κ1) is 17.4. The molecule has 1 aromatic heterocycles. The van der Waals surface area contributed by atoms with Crippen molar-refractivity contribution in [2.45, 2.75) is 25.7 Å². The number of benzene rings is 2. The standard InChI is InChI=1S/C23H25ClN2/c24-22-9-2-1-8-20(22)19-12-16-26(17-13-19)15-4-3-6-18-7-5-10-23-21(18)11-14-25-23/h1-2,5,7-12,14,25H,3-4,6,13,15-17H2. The van der Waals surface area contributed by atoms with Crippen LogP contribution in [-0.4, -0.2) is 29.5 Å². The van der Waals surface area contributed by atoms with Gasteiger partial charge in [0.05, 0.1) is 0 Å². The minimum absolute atomic E-state index is 0.867. The van der Waals surface area contributed by atoms with E-state index in [4.69, 9.17) is 11.6 Å². The summed E-state index contributed by atoms with van der Waals surface area (Å²) in [5.41, 5.74) is 5.30. The highest BCUT2D eigenvalue weighted by Crippen LogP contribution is 2.28. The quantitative estimate of drug-likeness (QED) is 0.537. The fourth-order valence-corrected chi connectivity index (χ4v) is 4.16. The first-order valence-electron chi connectivity index (χ1n) is 9.52. The van der Waals surface area contributed by atoms with Gasteiger partial charge in [0.15, 0.2) is 0 Å². The third kappa shape index (κ3) is 3.87. The Bertz CT molecular complexity index is 909. The highest BCUT2D eigenvalue weighted by atomic mass is 35.5. The molecule has 0 bridgehead atoms. The molecule has 0 unspecified atom stereocenters. The van der Waals surface area contributed by atoms with Crippen molar-refractivity contribution in [1.82, 2.24) is 9.88 Å². The summed E-state index contributed by atoms with van der Waals surface area (Å²) < 4.78 is 0. The number of nitrogens with one attached hydrogen (secondary N) is 1. The third-order valence-corrected chi connectivity index (χ3v) is 5.70. The molecule has 0 spiro atoms. The highest BCUT2D eigenvalue weighted by Gasteiger charge is 2.14. The lowest BCUT2D eigenvalue weighted by atomic mass is 9.99. The lowest BCUT2D eigenvalue weighted by Gasteiger charge is -2.26. The summed E-state index contributed by atoms with van der Waals surface area (Å²) in [4.78, 5) is 5.85. The Balaban J connectivity index is 1.26. The van der Waals surface area contributed by atoms with Gasteiger partial charge in [-0.3, -0.25) is 4.90 Å². The summed E-state index contributed by atoms with van der Waals surface area (Å²) in [5.74, 6) is 0. The molecule has 2 heterocycles. The van der Waals surface area contributed by atoms with E-state index < -0.39 is 0 Å². The molecule has 0 atom stereocenters. The van der Waals surface area contributed by atoms with E-state index >= 15 is 0 Å². The number of aryl methyl sites for hydroxylation is 1. The summed E-state index contributed by atoms with van der Waals surface area (Å²) in [5, 5.41) is 2.24. The monoisotopic (exact) mass is 364 g/mol. The topological polar surface area (TPSA) is 19.0 Å². The molecule has 1 aliphatic rings. The zero-order valence-electron chi connectivity index (χ0n) is 15.0. The van der Waals surface area contributed by atoms with Crippen molar-refractivity contribution in [3.8, 4) is 0 Å². The molecule has 0 saturated heterocycles. The van der Waals surface area contributed by atoms with Crippen LogP contribution in [-0.2, 0) is 6.42 Å². The number of hydrogen-bond donors (Lipinski definition) is 1. The second-order valence-corrected chi connectivity index (χ2v) is 7.48. The molecule has 0 radical (unpaired) electrons. The molecular formula is C23H25ClN2. The predicted octanol–water partition coefficient (Wildman–Crippen LogP) is 5.93. The average Bonchev–Trinajstić information content (AvgIpc) is 3.16. The summed E-state index contributed by atoms with van der Waals surface area (Å²) in [6.07, 6.45) is 9.12. The smallest absolute Gasteiger partial charge is 0.0481 e. The second-order valence-electron chi connectivity index (χ2n) is 7.07. The maximum Gasteiger partial charge on any atom is 0.0481 e. The van der Waals surface area contributed by atoms with Crippen molar-refractivity contribution >= 4 is 28.1 Å². The number of nitrogens with zero attached hydrogens (tertiary/aromatic N) is 1. The van der Waals surface area contributed by atoms with E-state index in [2.05, 4.69) is 52.4 Å². The van der Waals surface area contributed by atoms with E-state index in [1.165, 1.54) is 47.0 Å². The Morgan fingerprint density at radius 3 is 2.77 bits per heavy atom. The number of fused-ring (bicyclic) bond motifs is 1. The largest absolute Gasteiger partial charge is 0.361 e. The number of halogens is 1. The number of rotatable bonds is 6. The van der Waals surface area contributed by atoms with E-state index in [0.29, 0.717) is 0 Å². The van der Waals surface area contributed by atoms with Crippen LogP contribution in [0.3, 0.4) is 0 Å². The Kier molecular flexibility index (Phi) is 5.42. The van der Waals surface area contributed by atoms with Crippen molar-refractivity contribution in [3.05, 3.63) is 77.0 Å². The van der Waals surface area contributed by atoms with Gasteiger partial charge < -0.3 is 4.98 Å². The van der Waals surface area contributed by atoms with E-state index in [0.717, 1.165) is 31.0 Å². The van der Waals surface area contributed by atoms with E-state index in [-0.39, 0.29) is 0 Å². The molecule has 2 nitrogen and oxygen atoms in total. The average molecular weight is 365 g/mol. The minimum atomic E-state index is 0.867. The first-order chi connectivity index (χ1) is 12.8. The number of unbranched alkanes of at least 4 members (excludes halogenated alkanes) is 1. The maximum atomic E-state index is 6.33. The molecular weight excluding hydrogens is 340 g/mol. The van der Waals surface area contributed by atoms with Gasteiger partial charge in [0, 0.05) is 35.2 Å². The molecule has 1 N–H and O–H groups in total. The van der Waals surface area contributed by atoms with Gasteiger partial charge >= 0.3 is 0 Å². The number of hydrogen-bond acceptors (Lipinski definition) is 1. The van der Waals surface area contributed by atoms with Gasteiger partial charge in [-0.25, -0.2) is 0 Å². The fraction of sp³-hybridized carbons (Fsp3) is 0.304. The van der Waals surface area contributed by atoms with Crippen LogP contribution < -0.4 is 0 Å².